The molecular formula is C23H28N2O3. The molecule has 1 N–H and O–H groups in total. The van der Waals surface area contributed by atoms with E-state index in [-0.39, 0.29) is 11.8 Å². The number of nitrogens with zero attached hydrogens (tertiary/aromatic N) is 1. The Morgan fingerprint density at radius 2 is 1.68 bits per heavy atom. The van der Waals surface area contributed by atoms with Gasteiger partial charge < -0.3 is 15.0 Å². The zero-order chi connectivity index (χ0) is 19.8. The number of carbonyl (C=O) groups is 2. The third-order valence-corrected chi connectivity index (χ3v) is 4.99. The quantitative estimate of drug-likeness (QED) is 0.800. The second-order valence-corrected chi connectivity index (χ2v) is 7.14. The predicted octanol–water partition coefficient (Wildman–Crippen LogP) is 3.44. The number of benzene rings is 2. The van der Waals surface area contributed by atoms with Crippen LogP contribution >= 0.6 is 0 Å². The number of likely N-dealkylation sites (tertiary alicyclic amines) is 1. The molecule has 0 aliphatic carbocycles. The van der Waals surface area contributed by atoms with Crippen LogP contribution in [-0.2, 0) is 11.2 Å². The maximum atomic E-state index is 12.8. The van der Waals surface area contributed by atoms with Crippen LogP contribution in [0.1, 0.15) is 42.1 Å². The second kappa shape index (κ2) is 9.93. The standard InChI is InChI=1S/C23H28N2O3/c1-18(22(26)24-15-14-19-10-4-2-5-11-19)28-21-13-7-6-12-20(21)23(27)25-16-8-3-9-17-25/h2,4-7,10-13,18H,3,8-9,14-17H2,1H3,(H,24,26)/t18-/m0/s1. The van der Waals surface area contributed by atoms with E-state index in [1.54, 1.807) is 19.1 Å². The molecule has 0 unspecified atom stereocenters. The van der Waals surface area contributed by atoms with Gasteiger partial charge in [-0.05, 0) is 50.3 Å². The fraction of sp³-hybridized carbons (Fsp3) is 0.391. The van der Waals surface area contributed by atoms with Crippen molar-refractivity contribution < 1.29 is 14.3 Å². The van der Waals surface area contributed by atoms with Crippen molar-refractivity contribution in [3.05, 3.63) is 65.7 Å². The molecular weight excluding hydrogens is 352 g/mol. The average Bonchev–Trinajstić information content (AvgIpc) is 2.75. The Morgan fingerprint density at radius 1 is 1.00 bits per heavy atom. The molecule has 28 heavy (non-hydrogen) atoms. The predicted molar refractivity (Wildman–Crippen MR) is 109 cm³/mol. The SMILES string of the molecule is C[C@H](Oc1ccccc1C(=O)N1CCCCC1)C(=O)NCCc1ccccc1. The van der Waals surface area contributed by atoms with Crippen LogP contribution in [-0.4, -0.2) is 42.5 Å². The number of amides is 2. The first kappa shape index (κ1) is 19.9. The van der Waals surface area contributed by atoms with Crippen molar-refractivity contribution in [3.8, 4) is 5.75 Å². The fourth-order valence-corrected chi connectivity index (χ4v) is 3.38. The molecule has 5 nitrogen and oxygen atoms in total. The second-order valence-electron chi connectivity index (χ2n) is 7.14. The highest BCUT2D eigenvalue weighted by Crippen LogP contribution is 2.23. The number of carbonyl (C=O) groups excluding carboxylic acids is 2. The Balaban J connectivity index is 1.56. The Kier molecular flexibility index (Phi) is 7.06. The van der Waals surface area contributed by atoms with Crippen molar-refractivity contribution >= 4 is 11.8 Å². The summed E-state index contributed by atoms with van der Waals surface area (Å²) in [5.74, 6) is 0.256. The molecule has 0 spiro atoms. The molecule has 0 saturated carbocycles. The van der Waals surface area contributed by atoms with Crippen LogP contribution in [0.2, 0.25) is 0 Å². The summed E-state index contributed by atoms with van der Waals surface area (Å²) in [6.07, 6.45) is 3.33. The summed E-state index contributed by atoms with van der Waals surface area (Å²) in [5, 5.41) is 2.90. The number of hydrogen-bond donors (Lipinski definition) is 1. The van der Waals surface area contributed by atoms with Gasteiger partial charge in [0.15, 0.2) is 6.10 Å². The summed E-state index contributed by atoms with van der Waals surface area (Å²) in [7, 11) is 0. The highest BCUT2D eigenvalue weighted by molar-refractivity contribution is 5.97. The molecule has 0 radical (unpaired) electrons. The van der Waals surface area contributed by atoms with Gasteiger partial charge in [-0.1, -0.05) is 42.5 Å². The molecule has 148 valence electrons. The first-order valence-corrected chi connectivity index (χ1v) is 10.0. The molecule has 1 fully saturated rings. The maximum Gasteiger partial charge on any atom is 0.260 e. The minimum absolute atomic E-state index is 0.0213. The van der Waals surface area contributed by atoms with Crippen LogP contribution in [0.25, 0.3) is 0 Å². The zero-order valence-electron chi connectivity index (χ0n) is 16.4. The van der Waals surface area contributed by atoms with Crippen LogP contribution in [0.4, 0.5) is 0 Å². The zero-order valence-corrected chi connectivity index (χ0v) is 16.4. The largest absolute Gasteiger partial charge is 0.480 e. The van der Waals surface area contributed by atoms with Gasteiger partial charge in [-0.15, -0.1) is 0 Å². The van der Waals surface area contributed by atoms with Gasteiger partial charge >= 0.3 is 0 Å². The number of para-hydroxylation sites is 1. The lowest BCUT2D eigenvalue weighted by Gasteiger charge is -2.27. The molecule has 1 heterocycles. The van der Waals surface area contributed by atoms with Crippen molar-refractivity contribution in [2.24, 2.45) is 0 Å². The van der Waals surface area contributed by atoms with E-state index in [9.17, 15) is 9.59 Å². The van der Waals surface area contributed by atoms with E-state index < -0.39 is 6.10 Å². The molecule has 5 heteroatoms. The van der Waals surface area contributed by atoms with Crippen LogP contribution in [0, 0.1) is 0 Å². The monoisotopic (exact) mass is 380 g/mol. The van der Waals surface area contributed by atoms with Crippen molar-refractivity contribution in [1.82, 2.24) is 10.2 Å². The van der Waals surface area contributed by atoms with Gasteiger partial charge in [0.25, 0.3) is 11.8 Å². The number of nitrogens with one attached hydrogen (secondary N) is 1. The van der Waals surface area contributed by atoms with Crippen molar-refractivity contribution in [2.75, 3.05) is 19.6 Å². The number of hydrogen-bond acceptors (Lipinski definition) is 3. The van der Waals surface area contributed by atoms with E-state index in [4.69, 9.17) is 4.74 Å². The van der Waals surface area contributed by atoms with E-state index in [1.807, 2.05) is 47.4 Å². The summed E-state index contributed by atoms with van der Waals surface area (Å²) in [6.45, 7) is 3.82. The first-order chi connectivity index (χ1) is 13.6. The molecule has 1 aliphatic heterocycles. The van der Waals surface area contributed by atoms with E-state index in [2.05, 4.69) is 5.32 Å². The lowest BCUT2D eigenvalue weighted by molar-refractivity contribution is -0.127. The molecule has 0 aromatic heterocycles. The van der Waals surface area contributed by atoms with E-state index in [1.165, 1.54) is 12.0 Å². The van der Waals surface area contributed by atoms with Crippen molar-refractivity contribution in [2.45, 2.75) is 38.7 Å². The summed E-state index contributed by atoms with van der Waals surface area (Å²) in [5.41, 5.74) is 1.70. The Hall–Kier alpha value is -2.82. The normalized spacial score (nSPS) is 15.0. The van der Waals surface area contributed by atoms with Crippen LogP contribution in [0.5, 0.6) is 5.75 Å². The maximum absolute atomic E-state index is 12.8. The smallest absolute Gasteiger partial charge is 0.260 e. The summed E-state index contributed by atoms with van der Waals surface area (Å²) >= 11 is 0. The lowest BCUT2D eigenvalue weighted by Crippen LogP contribution is -2.38. The van der Waals surface area contributed by atoms with E-state index >= 15 is 0 Å². The molecule has 3 rings (SSSR count). The van der Waals surface area contributed by atoms with E-state index in [0.717, 1.165) is 32.4 Å². The van der Waals surface area contributed by atoms with Crippen molar-refractivity contribution in [1.29, 1.82) is 0 Å². The van der Waals surface area contributed by atoms with Crippen molar-refractivity contribution in [3.63, 3.8) is 0 Å². The lowest BCUT2D eigenvalue weighted by atomic mass is 10.1. The summed E-state index contributed by atoms with van der Waals surface area (Å²) in [4.78, 5) is 27.1. The molecule has 1 atom stereocenters. The van der Waals surface area contributed by atoms with Gasteiger partial charge in [-0.25, -0.2) is 0 Å². The fourth-order valence-electron chi connectivity index (χ4n) is 3.38. The minimum Gasteiger partial charge on any atom is -0.480 e. The van der Waals surface area contributed by atoms with Gasteiger partial charge in [0.1, 0.15) is 5.75 Å². The molecule has 0 bridgehead atoms. The molecule has 1 saturated heterocycles. The topological polar surface area (TPSA) is 58.6 Å². The molecule has 2 aromatic carbocycles. The first-order valence-electron chi connectivity index (χ1n) is 10.0. The van der Waals surface area contributed by atoms with E-state index in [0.29, 0.717) is 17.9 Å². The van der Waals surface area contributed by atoms with Gasteiger partial charge in [0, 0.05) is 19.6 Å². The summed E-state index contributed by atoms with van der Waals surface area (Å²) < 4.78 is 5.86. The highest BCUT2D eigenvalue weighted by atomic mass is 16.5. The number of piperidine rings is 1. The number of ether oxygens (including phenoxy) is 1. The highest BCUT2D eigenvalue weighted by Gasteiger charge is 2.23. The third-order valence-electron chi connectivity index (χ3n) is 4.99. The Labute approximate surface area is 166 Å². The number of rotatable bonds is 7. The van der Waals surface area contributed by atoms with Crippen LogP contribution in [0.15, 0.2) is 54.6 Å². The van der Waals surface area contributed by atoms with Crippen LogP contribution in [0.3, 0.4) is 0 Å². The average molecular weight is 380 g/mol. The third kappa shape index (κ3) is 5.35. The van der Waals surface area contributed by atoms with Gasteiger partial charge in [-0.3, -0.25) is 9.59 Å². The molecule has 2 amide bonds. The Bertz CT molecular complexity index is 785. The van der Waals surface area contributed by atoms with Gasteiger partial charge in [-0.2, -0.15) is 0 Å². The van der Waals surface area contributed by atoms with Crippen LogP contribution < -0.4 is 10.1 Å². The Morgan fingerprint density at radius 3 is 2.43 bits per heavy atom. The molecule has 1 aliphatic rings. The van der Waals surface area contributed by atoms with Gasteiger partial charge in [0.05, 0.1) is 5.56 Å². The minimum atomic E-state index is -0.675. The van der Waals surface area contributed by atoms with Gasteiger partial charge in [0.2, 0.25) is 0 Å². The summed E-state index contributed by atoms with van der Waals surface area (Å²) in [6, 6.07) is 17.2. The molecule has 2 aromatic rings.